The fourth-order valence-corrected chi connectivity index (χ4v) is 8.26. The predicted molar refractivity (Wildman–Crippen MR) is 138 cm³/mol. The van der Waals surface area contributed by atoms with Gasteiger partial charge in [-0.2, -0.15) is 0 Å². The minimum atomic E-state index is -3.62. The van der Waals surface area contributed by atoms with Gasteiger partial charge in [0.05, 0.1) is 22.9 Å². The first-order chi connectivity index (χ1) is 18.4. The molecule has 1 N–H and O–H groups in total. The number of nitrogens with zero attached hydrogens (tertiary/aromatic N) is 3. The summed E-state index contributed by atoms with van der Waals surface area (Å²) in [4.78, 5) is 44.8. The van der Waals surface area contributed by atoms with Gasteiger partial charge in [-0.15, -0.1) is 11.3 Å². The third-order valence-electron chi connectivity index (χ3n) is 7.63. The van der Waals surface area contributed by atoms with Crippen molar-refractivity contribution < 1.29 is 42.1 Å². The van der Waals surface area contributed by atoms with Gasteiger partial charge in [-0.05, 0) is 39.5 Å². The van der Waals surface area contributed by atoms with Crippen molar-refractivity contribution in [1.82, 2.24) is 14.3 Å². The first kappa shape index (κ1) is 27.6. The van der Waals surface area contributed by atoms with Crippen LogP contribution in [-0.4, -0.2) is 77.1 Å². The van der Waals surface area contributed by atoms with Crippen molar-refractivity contribution in [1.29, 1.82) is 0 Å². The number of esters is 1. The molecule has 1 saturated carbocycles. The Bertz CT molecular complexity index is 1470. The second kappa shape index (κ2) is 10.2. The standard InChI is InChI=1S/C25H31N3O9S2/c1-12-17(16-10-27-14(3)26-21(23(27)38-16)39(4,33)34)20(28-19(12)18(13(2)29)22(28)30)24(31)35-11-36-25(32)37-15-8-6-5-7-9-15/h10,12-13,15,18-19,29H,5-9,11H2,1-4H3/t12-,13+,18+,19+/m0/s1. The van der Waals surface area contributed by atoms with Gasteiger partial charge in [0.1, 0.15) is 22.5 Å². The van der Waals surface area contributed by atoms with Gasteiger partial charge < -0.3 is 24.2 Å². The lowest BCUT2D eigenvalue weighted by Gasteiger charge is -2.46. The molecule has 14 heteroatoms. The van der Waals surface area contributed by atoms with E-state index in [4.69, 9.17) is 14.2 Å². The van der Waals surface area contributed by atoms with Crippen LogP contribution in [0.2, 0.25) is 0 Å². The molecule has 4 atom stereocenters. The lowest BCUT2D eigenvalue weighted by atomic mass is 9.77. The Morgan fingerprint density at radius 1 is 1.23 bits per heavy atom. The summed E-state index contributed by atoms with van der Waals surface area (Å²) in [6, 6.07) is -0.484. The van der Waals surface area contributed by atoms with Crippen LogP contribution < -0.4 is 0 Å². The smallest absolute Gasteiger partial charge is 0.431 e. The average molecular weight is 582 g/mol. The molecule has 39 heavy (non-hydrogen) atoms. The van der Waals surface area contributed by atoms with Crippen LogP contribution in [0, 0.1) is 18.8 Å². The van der Waals surface area contributed by atoms with Gasteiger partial charge in [-0.3, -0.25) is 9.20 Å². The highest BCUT2D eigenvalue weighted by Gasteiger charge is 2.60. The largest absolute Gasteiger partial charge is 0.511 e. The lowest BCUT2D eigenvalue weighted by molar-refractivity contribution is -0.167. The van der Waals surface area contributed by atoms with Gasteiger partial charge in [0.15, 0.2) is 14.9 Å². The first-order valence-electron chi connectivity index (χ1n) is 12.8. The highest BCUT2D eigenvalue weighted by atomic mass is 32.2. The number of ether oxygens (including phenoxy) is 3. The molecule has 2 aliphatic heterocycles. The van der Waals surface area contributed by atoms with Crippen molar-refractivity contribution in [2.45, 2.75) is 76.2 Å². The van der Waals surface area contributed by atoms with Crippen LogP contribution in [-0.2, 0) is 33.6 Å². The molecule has 0 bridgehead atoms. The Balaban J connectivity index is 1.43. The fourth-order valence-electron chi connectivity index (χ4n) is 5.79. The monoisotopic (exact) mass is 581 g/mol. The van der Waals surface area contributed by atoms with Gasteiger partial charge in [0, 0.05) is 23.9 Å². The van der Waals surface area contributed by atoms with E-state index in [0.29, 0.717) is 21.1 Å². The molecular formula is C25H31N3O9S2. The highest BCUT2D eigenvalue weighted by molar-refractivity contribution is 7.91. The van der Waals surface area contributed by atoms with Crippen molar-refractivity contribution in [2.75, 3.05) is 13.0 Å². The number of aliphatic hydroxyl groups excluding tert-OH is 1. The van der Waals surface area contributed by atoms with Gasteiger partial charge in [-0.1, -0.05) is 13.3 Å². The molecule has 2 fully saturated rings. The molecule has 12 nitrogen and oxygen atoms in total. The zero-order chi connectivity index (χ0) is 28.2. The molecule has 1 amide bonds. The molecule has 0 spiro atoms. The Labute approximate surface area is 229 Å². The van der Waals surface area contributed by atoms with E-state index in [9.17, 15) is 27.9 Å². The van der Waals surface area contributed by atoms with Crippen molar-refractivity contribution >= 4 is 49.6 Å². The number of imidazole rings is 1. The van der Waals surface area contributed by atoms with Crippen LogP contribution in [0.1, 0.15) is 56.7 Å². The fraction of sp³-hybridized carbons (Fsp3) is 0.600. The topological polar surface area (TPSA) is 154 Å². The first-order valence-corrected chi connectivity index (χ1v) is 15.6. The minimum Gasteiger partial charge on any atom is -0.431 e. The number of carbonyl (C=O) groups is 3. The number of thiazole rings is 1. The van der Waals surface area contributed by atoms with Crippen LogP contribution in [0.5, 0.6) is 0 Å². The van der Waals surface area contributed by atoms with E-state index in [1.807, 2.05) is 6.92 Å². The van der Waals surface area contributed by atoms with Crippen molar-refractivity contribution in [3.05, 3.63) is 22.6 Å². The number of amides is 1. The molecule has 1 aliphatic carbocycles. The molecule has 3 aliphatic rings. The van der Waals surface area contributed by atoms with Gasteiger partial charge >= 0.3 is 12.1 Å². The molecule has 0 radical (unpaired) electrons. The van der Waals surface area contributed by atoms with E-state index in [1.54, 1.807) is 17.5 Å². The van der Waals surface area contributed by atoms with E-state index < -0.39 is 52.7 Å². The number of carbonyl (C=O) groups excluding carboxylic acids is 3. The van der Waals surface area contributed by atoms with Crippen LogP contribution >= 0.6 is 11.3 Å². The Hall–Kier alpha value is -2.97. The van der Waals surface area contributed by atoms with Crippen molar-refractivity contribution in [3.8, 4) is 0 Å². The normalized spacial score (nSPS) is 24.5. The Morgan fingerprint density at radius 3 is 2.56 bits per heavy atom. The quantitative estimate of drug-likeness (QED) is 0.293. The maximum atomic E-state index is 13.3. The van der Waals surface area contributed by atoms with Crippen molar-refractivity contribution in [3.63, 3.8) is 0 Å². The number of sulfone groups is 1. The van der Waals surface area contributed by atoms with E-state index >= 15 is 0 Å². The van der Waals surface area contributed by atoms with Crippen molar-refractivity contribution in [2.24, 2.45) is 11.8 Å². The number of rotatable bonds is 7. The summed E-state index contributed by atoms with van der Waals surface area (Å²) in [5.41, 5.74) is 0.466. The summed E-state index contributed by atoms with van der Waals surface area (Å²) < 4.78 is 41.8. The Kier molecular flexibility index (Phi) is 7.22. The van der Waals surface area contributed by atoms with Crippen LogP contribution in [0.15, 0.2) is 16.9 Å². The summed E-state index contributed by atoms with van der Waals surface area (Å²) >= 11 is 1.13. The second-order valence-corrected chi connectivity index (χ2v) is 13.3. The summed E-state index contributed by atoms with van der Waals surface area (Å²) in [7, 11) is -3.62. The average Bonchev–Trinajstić information content (AvgIpc) is 3.48. The molecule has 5 rings (SSSR count). The molecule has 2 aromatic heterocycles. The van der Waals surface area contributed by atoms with E-state index in [1.165, 1.54) is 11.8 Å². The van der Waals surface area contributed by atoms with E-state index in [2.05, 4.69) is 4.98 Å². The predicted octanol–water partition coefficient (Wildman–Crippen LogP) is 2.66. The number of fused-ring (bicyclic) bond motifs is 2. The maximum Gasteiger partial charge on any atom is 0.511 e. The lowest BCUT2D eigenvalue weighted by Crippen LogP contribution is -2.63. The summed E-state index contributed by atoms with van der Waals surface area (Å²) in [6.07, 6.45) is 5.24. The zero-order valence-corrected chi connectivity index (χ0v) is 23.7. The highest BCUT2D eigenvalue weighted by Crippen LogP contribution is 2.52. The number of β-lactam (4-membered cyclic amide) rings is 1. The molecule has 4 heterocycles. The Morgan fingerprint density at radius 2 is 1.92 bits per heavy atom. The third kappa shape index (κ3) is 4.82. The number of aliphatic hydroxyl groups is 1. The zero-order valence-electron chi connectivity index (χ0n) is 22.1. The number of hydrogen-bond acceptors (Lipinski definition) is 11. The summed E-state index contributed by atoms with van der Waals surface area (Å²) in [5.74, 6) is -1.92. The van der Waals surface area contributed by atoms with Gasteiger partial charge in [0.25, 0.3) is 0 Å². The maximum absolute atomic E-state index is 13.3. The minimum absolute atomic E-state index is 0.0188. The van der Waals surface area contributed by atoms with E-state index in [-0.39, 0.29) is 22.7 Å². The molecular weight excluding hydrogens is 550 g/mol. The second-order valence-electron chi connectivity index (χ2n) is 10.3. The number of aryl methyl sites for hydroxylation is 1. The van der Waals surface area contributed by atoms with Crippen LogP contribution in [0.3, 0.4) is 0 Å². The molecule has 1 saturated heterocycles. The van der Waals surface area contributed by atoms with Gasteiger partial charge in [-0.25, -0.2) is 23.0 Å². The molecule has 0 aromatic carbocycles. The number of hydrogen-bond donors (Lipinski definition) is 1. The van der Waals surface area contributed by atoms with E-state index in [0.717, 1.165) is 49.7 Å². The molecule has 0 unspecified atom stereocenters. The third-order valence-corrected chi connectivity index (χ3v) is 9.88. The molecule has 212 valence electrons. The van der Waals surface area contributed by atoms with Crippen LogP contribution in [0.4, 0.5) is 4.79 Å². The number of aromatic nitrogens is 2. The summed E-state index contributed by atoms with van der Waals surface area (Å²) in [5, 5.41) is 10.2. The molecule has 2 aromatic rings. The van der Waals surface area contributed by atoms with Gasteiger partial charge in [0.2, 0.25) is 12.7 Å². The SMILES string of the molecule is Cc1nc(S(C)(=O)=O)c2sc(C3=C(C(=O)OCOC(=O)OC4CCCCC4)N4C(=O)[C@H]([C@@H](C)O)[C@H]4[C@H]3C)cn12. The summed E-state index contributed by atoms with van der Waals surface area (Å²) in [6.45, 7) is 4.33. The van der Waals surface area contributed by atoms with Crippen LogP contribution in [0.25, 0.3) is 10.4 Å².